The van der Waals surface area contributed by atoms with E-state index in [1.807, 2.05) is 0 Å². The van der Waals surface area contributed by atoms with Crippen LogP contribution in [-0.2, 0) is 0 Å². The maximum atomic E-state index is 12.5. The van der Waals surface area contributed by atoms with Gasteiger partial charge in [0.25, 0.3) is 0 Å². The molecule has 3 heteroatoms. The molecule has 0 unspecified atom stereocenters. The fourth-order valence-corrected chi connectivity index (χ4v) is 0.727. The third kappa shape index (κ3) is 1.77. The van der Waals surface area contributed by atoms with Gasteiger partial charge in [-0.15, -0.1) is 0 Å². The summed E-state index contributed by atoms with van der Waals surface area (Å²) in [6.45, 7) is 0. The molecular weight excluding hydrogens is 148 g/mol. The third-order valence-corrected chi connectivity index (χ3v) is 1.23. The first-order valence-corrected chi connectivity index (χ1v) is 3.07. The predicted octanol–water partition coefficient (Wildman–Crippen LogP) is 1.89. The summed E-state index contributed by atoms with van der Waals surface area (Å²) in [6.07, 6.45) is 2.76. The Bertz CT molecular complexity index is 281. The number of nitrogens with two attached hydrogens (primary N) is 1. The molecule has 1 aromatic carbocycles. The Morgan fingerprint density at radius 2 is 1.91 bits per heavy atom. The van der Waals surface area contributed by atoms with E-state index in [0.717, 1.165) is 12.1 Å². The fourth-order valence-electron chi connectivity index (χ4n) is 0.727. The van der Waals surface area contributed by atoms with Crippen molar-refractivity contribution in [2.45, 2.75) is 0 Å². The van der Waals surface area contributed by atoms with Gasteiger partial charge in [0.1, 0.15) is 0 Å². The lowest BCUT2D eigenvalue weighted by atomic mass is 10.2. The molecule has 1 aromatic rings. The van der Waals surface area contributed by atoms with Crippen LogP contribution in [0.15, 0.2) is 24.4 Å². The molecule has 0 aliphatic rings. The van der Waals surface area contributed by atoms with E-state index in [0.29, 0.717) is 5.56 Å². The van der Waals surface area contributed by atoms with Crippen LogP contribution in [0.5, 0.6) is 0 Å². The van der Waals surface area contributed by atoms with Crippen molar-refractivity contribution in [3.8, 4) is 0 Å². The van der Waals surface area contributed by atoms with E-state index in [4.69, 9.17) is 5.73 Å². The van der Waals surface area contributed by atoms with Crippen molar-refractivity contribution < 1.29 is 8.78 Å². The average Bonchev–Trinajstić information content (AvgIpc) is 1.98. The lowest BCUT2D eigenvalue weighted by Crippen LogP contribution is -1.84. The average molecular weight is 155 g/mol. The molecule has 0 atom stereocenters. The van der Waals surface area contributed by atoms with E-state index in [-0.39, 0.29) is 0 Å². The monoisotopic (exact) mass is 155 g/mol. The summed E-state index contributed by atoms with van der Waals surface area (Å²) in [5, 5.41) is 0. The van der Waals surface area contributed by atoms with Crippen LogP contribution in [0.3, 0.4) is 0 Å². The summed E-state index contributed by atoms with van der Waals surface area (Å²) in [7, 11) is 0. The van der Waals surface area contributed by atoms with Crippen molar-refractivity contribution in [3.05, 3.63) is 41.6 Å². The summed E-state index contributed by atoms with van der Waals surface area (Å²) >= 11 is 0. The van der Waals surface area contributed by atoms with Gasteiger partial charge in [-0.25, -0.2) is 8.78 Å². The second-order valence-corrected chi connectivity index (χ2v) is 2.03. The Balaban J connectivity index is 3.05. The maximum absolute atomic E-state index is 12.5. The third-order valence-electron chi connectivity index (χ3n) is 1.23. The van der Waals surface area contributed by atoms with E-state index < -0.39 is 11.6 Å². The highest BCUT2D eigenvalue weighted by Gasteiger charge is 1.98. The van der Waals surface area contributed by atoms with E-state index in [1.54, 1.807) is 0 Å². The van der Waals surface area contributed by atoms with Gasteiger partial charge in [-0.1, -0.05) is 6.07 Å². The smallest absolute Gasteiger partial charge is 0.159 e. The van der Waals surface area contributed by atoms with Crippen LogP contribution in [0.4, 0.5) is 8.78 Å². The minimum Gasteiger partial charge on any atom is -0.405 e. The molecule has 1 nitrogen and oxygen atoms in total. The van der Waals surface area contributed by atoms with Crippen LogP contribution in [-0.4, -0.2) is 0 Å². The second kappa shape index (κ2) is 3.14. The molecule has 0 heterocycles. The Labute approximate surface area is 63.1 Å². The number of benzene rings is 1. The molecule has 0 saturated carbocycles. The standard InChI is InChI=1S/C8H7F2N/c9-7-2-1-6(3-4-11)5-8(7)10/h1-5H,11H2/b4-3+. The van der Waals surface area contributed by atoms with Gasteiger partial charge in [-0.05, 0) is 30.0 Å². The lowest BCUT2D eigenvalue weighted by Gasteiger charge is -1.93. The van der Waals surface area contributed by atoms with Crippen molar-refractivity contribution in [2.75, 3.05) is 0 Å². The van der Waals surface area contributed by atoms with Gasteiger partial charge in [0, 0.05) is 0 Å². The molecule has 0 amide bonds. The fraction of sp³-hybridized carbons (Fsp3) is 0. The molecule has 0 aliphatic carbocycles. The topological polar surface area (TPSA) is 26.0 Å². The lowest BCUT2D eigenvalue weighted by molar-refractivity contribution is 0.508. The van der Waals surface area contributed by atoms with Crippen LogP contribution in [0.1, 0.15) is 5.56 Å². The normalized spacial score (nSPS) is 10.7. The van der Waals surface area contributed by atoms with Crippen molar-refractivity contribution in [1.82, 2.24) is 0 Å². The first kappa shape index (κ1) is 7.72. The van der Waals surface area contributed by atoms with Gasteiger partial charge in [0.05, 0.1) is 0 Å². The first-order valence-electron chi connectivity index (χ1n) is 3.07. The minimum atomic E-state index is -0.861. The van der Waals surface area contributed by atoms with Gasteiger partial charge in [-0.3, -0.25) is 0 Å². The molecule has 0 bridgehead atoms. The summed E-state index contributed by atoms with van der Waals surface area (Å²) in [5.74, 6) is -1.71. The van der Waals surface area contributed by atoms with Gasteiger partial charge >= 0.3 is 0 Å². The van der Waals surface area contributed by atoms with Gasteiger partial charge in [0.15, 0.2) is 11.6 Å². The Hall–Kier alpha value is -1.38. The van der Waals surface area contributed by atoms with Gasteiger partial charge in [0.2, 0.25) is 0 Å². The van der Waals surface area contributed by atoms with Crippen molar-refractivity contribution in [2.24, 2.45) is 5.73 Å². The van der Waals surface area contributed by atoms with E-state index in [2.05, 4.69) is 0 Å². The highest BCUT2D eigenvalue weighted by molar-refractivity contribution is 5.48. The molecule has 11 heavy (non-hydrogen) atoms. The molecule has 0 saturated heterocycles. The molecule has 0 fully saturated rings. The zero-order chi connectivity index (χ0) is 8.27. The molecule has 1 rings (SSSR count). The molecule has 0 spiro atoms. The summed E-state index contributed by atoms with van der Waals surface area (Å²) in [5.41, 5.74) is 5.60. The maximum Gasteiger partial charge on any atom is 0.159 e. The molecule has 0 radical (unpaired) electrons. The number of halogens is 2. The molecule has 58 valence electrons. The number of rotatable bonds is 1. The van der Waals surface area contributed by atoms with Gasteiger partial charge in [-0.2, -0.15) is 0 Å². The first-order chi connectivity index (χ1) is 5.24. The van der Waals surface area contributed by atoms with Crippen molar-refractivity contribution in [1.29, 1.82) is 0 Å². The molecule has 0 aromatic heterocycles. The largest absolute Gasteiger partial charge is 0.405 e. The highest BCUT2D eigenvalue weighted by Crippen LogP contribution is 2.09. The summed E-state index contributed by atoms with van der Waals surface area (Å²) in [4.78, 5) is 0. The number of hydrogen-bond acceptors (Lipinski definition) is 1. The number of hydrogen-bond donors (Lipinski definition) is 1. The SMILES string of the molecule is N/C=C/c1ccc(F)c(F)c1. The zero-order valence-electron chi connectivity index (χ0n) is 5.72. The van der Waals surface area contributed by atoms with Crippen molar-refractivity contribution in [3.63, 3.8) is 0 Å². The van der Waals surface area contributed by atoms with Crippen LogP contribution in [0.2, 0.25) is 0 Å². The van der Waals surface area contributed by atoms with E-state index in [1.165, 1.54) is 18.3 Å². The highest BCUT2D eigenvalue weighted by atomic mass is 19.2. The van der Waals surface area contributed by atoms with Gasteiger partial charge < -0.3 is 5.73 Å². The van der Waals surface area contributed by atoms with Crippen molar-refractivity contribution >= 4 is 6.08 Å². The Morgan fingerprint density at radius 1 is 1.18 bits per heavy atom. The van der Waals surface area contributed by atoms with Crippen LogP contribution in [0.25, 0.3) is 6.08 Å². The van der Waals surface area contributed by atoms with Crippen LogP contribution in [0, 0.1) is 11.6 Å². The molecular formula is C8H7F2N. The second-order valence-electron chi connectivity index (χ2n) is 2.03. The minimum absolute atomic E-state index is 0.548. The Morgan fingerprint density at radius 3 is 2.45 bits per heavy atom. The Kier molecular flexibility index (Phi) is 2.21. The zero-order valence-corrected chi connectivity index (χ0v) is 5.72. The summed E-state index contributed by atoms with van der Waals surface area (Å²) < 4.78 is 24.8. The summed E-state index contributed by atoms with van der Waals surface area (Å²) in [6, 6.07) is 3.59. The van der Waals surface area contributed by atoms with Crippen LogP contribution < -0.4 is 5.73 Å². The predicted molar refractivity (Wildman–Crippen MR) is 39.6 cm³/mol. The van der Waals surface area contributed by atoms with E-state index >= 15 is 0 Å². The van der Waals surface area contributed by atoms with Crippen LogP contribution >= 0.6 is 0 Å². The van der Waals surface area contributed by atoms with E-state index in [9.17, 15) is 8.78 Å². The quantitative estimate of drug-likeness (QED) is 0.658. The molecule has 0 aliphatic heterocycles. The molecule has 2 N–H and O–H groups in total.